The molecule has 0 aliphatic carbocycles. The molecule has 1 aliphatic rings. The van der Waals surface area contributed by atoms with Gasteiger partial charge in [0, 0.05) is 37.9 Å². The van der Waals surface area contributed by atoms with E-state index in [4.69, 9.17) is 10.5 Å². The number of ketones is 1. The van der Waals surface area contributed by atoms with Gasteiger partial charge in [-0.05, 0) is 24.3 Å². The molecule has 3 N–H and O–H groups in total. The van der Waals surface area contributed by atoms with Crippen LogP contribution in [0.1, 0.15) is 20.7 Å². The molecule has 32 heavy (non-hydrogen) atoms. The van der Waals surface area contributed by atoms with Crippen LogP contribution < -0.4 is 10.5 Å². The van der Waals surface area contributed by atoms with E-state index >= 15 is 0 Å². The lowest BCUT2D eigenvalue weighted by atomic mass is 10.1. The number of fused-ring (bicyclic) bond motifs is 1. The number of hydrogen-bond donors (Lipinski definition) is 2. The fourth-order valence-corrected chi connectivity index (χ4v) is 3.69. The molecule has 9 nitrogen and oxygen atoms in total. The van der Waals surface area contributed by atoms with Crippen LogP contribution in [0.2, 0.25) is 0 Å². The molecule has 164 valence electrons. The molecule has 0 saturated carbocycles. The first-order valence-electron chi connectivity index (χ1n) is 9.81. The van der Waals surface area contributed by atoms with Crippen LogP contribution in [-0.2, 0) is 4.79 Å². The summed E-state index contributed by atoms with van der Waals surface area (Å²) in [5.74, 6) is -2.68. The fourth-order valence-electron chi connectivity index (χ4n) is 3.69. The number of aromatic nitrogens is 1. The number of amides is 3. The minimum atomic E-state index is -1.10. The van der Waals surface area contributed by atoms with Gasteiger partial charge in [-0.1, -0.05) is 18.2 Å². The lowest BCUT2D eigenvalue weighted by Crippen LogP contribution is -2.52. The SMILES string of the molecule is NC(=O)Oc1ccc(F)c2c(C(=O)C(=O)N3CCN(C(=O)c4ccccc4)CC3)c[nH]c12. The molecule has 0 radical (unpaired) electrons. The Bertz CT molecular complexity index is 1220. The highest BCUT2D eigenvalue weighted by molar-refractivity contribution is 6.45. The van der Waals surface area contributed by atoms with Crippen molar-refractivity contribution in [2.24, 2.45) is 5.73 Å². The molecule has 3 aromatic rings. The maximum atomic E-state index is 14.5. The van der Waals surface area contributed by atoms with E-state index in [9.17, 15) is 23.6 Å². The number of halogens is 1. The Morgan fingerprint density at radius 2 is 1.59 bits per heavy atom. The van der Waals surface area contributed by atoms with Gasteiger partial charge in [0.1, 0.15) is 5.82 Å². The normalized spacial score (nSPS) is 13.8. The largest absolute Gasteiger partial charge is 0.410 e. The third-order valence-corrected chi connectivity index (χ3v) is 5.27. The number of ether oxygens (including phenoxy) is 1. The maximum absolute atomic E-state index is 14.5. The average molecular weight is 438 g/mol. The summed E-state index contributed by atoms with van der Waals surface area (Å²) in [6, 6.07) is 11.0. The molecule has 4 rings (SSSR count). The summed E-state index contributed by atoms with van der Waals surface area (Å²) < 4.78 is 19.3. The second-order valence-corrected chi connectivity index (χ2v) is 7.20. The van der Waals surface area contributed by atoms with Crippen molar-refractivity contribution in [3.05, 3.63) is 65.6 Å². The van der Waals surface area contributed by atoms with Gasteiger partial charge in [0.25, 0.3) is 17.6 Å². The van der Waals surface area contributed by atoms with Crippen molar-refractivity contribution in [2.75, 3.05) is 26.2 Å². The van der Waals surface area contributed by atoms with Gasteiger partial charge in [-0.3, -0.25) is 14.4 Å². The number of benzene rings is 2. The number of nitrogens with zero attached hydrogens (tertiary/aromatic N) is 2. The highest BCUT2D eigenvalue weighted by Gasteiger charge is 2.31. The topological polar surface area (TPSA) is 126 Å². The summed E-state index contributed by atoms with van der Waals surface area (Å²) in [5.41, 5.74) is 5.42. The Kier molecular flexibility index (Phi) is 5.59. The van der Waals surface area contributed by atoms with E-state index in [1.807, 2.05) is 6.07 Å². The van der Waals surface area contributed by atoms with Gasteiger partial charge in [-0.15, -0.1) is 0 Å². The number of hydrogen-bond acceptors (Lipinski definition) is 5. The molecule has 0 bridgehead atoms. The lowest BCUT2D eigenvalue weighted by molar-refractivity contribution is -0.127. The summed E-state index contributed by atoms with van der Waals surface area (Å²) in [5, 5.41) is -0.167. The van der Waals surface area contributed by atoms with E-state index in [2.05, 4.69) is 4.98 Å². The third kappa shape index (κ3) is 3.89. The van der Waals surface area contributed by atoms with Gasteiger partial charge in [0.15, 0.2) is 5.75 Å². The molecule has 10 heteroatoms. The molecule has 0 spiro atoms. The van der Waals surface area contributed by atoms with Crippen LogP contribution in [0.25, 0.3) is 10.9 Å². The number of piperazine rings is 1. The number of carbonyl (C=O) groups excluding carboxylic acids is 4. The Labute approximate surface area is 181 Å². The predicted molar refractivity (Wildman–Crippen MR) is 112 cm³/mol. The number of Topliss-reactive ketones (excluding diaryl/α,β-unsaturated/α-hetero) is 1. The van der Waals surface area contributed by atoms with Gasteiger partial charge in [0.2, 0.25) is 0 Å². The Morgan fingerprint density at radius 3 is 2.25 bits per heavy atom. The third-order valence-electron chi connectivity index (χ3n) is 5.27. The van der Waals surface area contributed by atoms with Crippen LogP contribution in [-0.4, -0.2) is 64.7 Å². The zero-order valence-corrected chi connectivity index (χ0v) is 16.8. The molecule has 0 unspecified atom stereocenters. The second-order valence-electron chi connectivity index (χ2n) is 7.20. The van der Waals surface area contributed by atoms with Crippen molar-refractivity contribution < 1.29 is 28.3 Å². The summed E-state index contributed by atoms with van der Waals surface area (Å²) in [6.07, 6.45) is 0.0937. The highest BCUT2D eigenvalue weighted by atomic mass is 19.1. The van der Waals surface area contributed by atoms with E-state index in [1.54, 1.807) is 29.2 Å². The maximum Gasteiger partial charge on any atom is 0.410 e. The van der Waals surface area contributed by atoms with Crippen molar-refractivity contribution in [1.29, 1.82) is 0 Å². The van der Waals surface area contributed by atoms with Crippen LogP contribution in [0.4, 0.5) is 9.18 Å². The summed E-state index contributed by atoms with van der Waals surface area (Å²) >= 11 is 0. The van der Waals surface area contributed by atoms with Crippen LogP contribution in [0.3, 0.4) is 0 Å². The number of H-pyrrole nitrogens is 1. The smallest absolute Gasteiger partial charge is 0.408 e. The van der Waals surface area contributed by atoms with Crippen LogP contribution in [0.15, 0.2) is 48.7 Å². The number of nitrogens with two attached hydrogens (primary N) is 1. The van der Waals surface area contributed by atoms with E-state index in [0.29, 0.717) is 5.56 Å². The average Bonchev–Trinajstić information content (AvgIpc) is 3.26. The minimum Gasteiger partial charge on any atom is -0.408 e. The quantitative estimate of drug-likeness (QED) is 0.476. The van der Waals surface area contributed by atoms with Crippen molar-refractivity contribution in [3.63, 3.8) is 0 Å². The molecule has 1 aromatic heterocycles. The van der Waals surface area contributed by atoms with Gasteiger partial charge < -0.3 is 25.3 Å². The summed E-state index contributed by atoms with van der Waals surface area (Å²) in [4.78, 5) is 54.9. The Hall–Kier alpha value is -4.21. The Balaban J connectivity index is 1.49. The lowest BCUT2D eigenvalue weighted by Gasteiger charge is -2.34. The van der Waals surface area contributed by atoms with E-state index < -0.39 is 23.6 Å². The molecule has 1 fully saturated rings. The fraction of sp³-hybridized carbons (Fsp3) is 0.182. The number of nitrogens with one attached hydrogen (secondary N) is 1. The van der Waals surface area contributed by atoms with Crippen LogP contribution in [0, 0.1) is 5.82 Å². The van der Waals surface area contributed by atoms with Crippen LogP contribution in [0.5, 0.6) is 5.75 Å². The molecule has 1 saturated heterocycles. The van der Waals surface area contributed by atoms with E-state index in [-0.39, 0.29) is 54.3 Å². The first kappa shape index (κ1) is 21.0. The number of aromatic amines is 1. The van der Waals surface area contributed by atoms with Crippen molar-refractivity contribution in [2.45, 2.75) is 0 Å². The molecule has 2 heterocycles. The van der Waals surface area contributed by atoms with E-state index in [0.717, 1.165) is 6.07 Å². The summed E-state index contributed by atoms with van der Waals surface area (Å²) in [6.45, 7) is 0.880. The molecule has 0 atom stereocenters. The molecule has 3 amide bonds. The molecule has 1 aliphatic heterocycles. The molecule has 2 aromatic carbocycles. The van der Waals surface area contributed by atoms with Gasteiger partial charge in [0.05, 0.1) is 16.5 Å². The first-order chi connectivity index (χ1) is 15.4. The predicted octanol–water partition coefficient (Wildman–Crippen LogP) is 1.93. The number of rotatable bonds is 4. The van der Waals surface area contributed by atoms with Crippen molar-refractivity contribution >= 4 is 34.6 Å². The van der Waals surface area contributed by atoms with Gasteiger partial charge in [-0.25, -0.2) is 9.18 Å². The summed E-state index contributed by atoms with van der Waals surface area (Å²) in [7, 11) is 0. The van der Waals surface area contributed by atoms with E-state index in [1.165, 1.54) is 17.2 Å². The van der Waals surface area contributed by atoms with Crippen molar-refractivity contribution in [1.82, 2.24) is 14.8 Å². The highest BCUT2D eigenvalue weighted by Crippen LogP contribution is 2.30. The zero-order chi connectivity index (χ0) is 22.8. The van der Waals surface area contributed by atoms with Crippen molar-refractivity contribution in [3.8, 4) is 5.75 Å². The number of carbonyl (C=O) groups is 4. The number of primary amides is 1. The van der Waals surface area contributed by atoms with Gasteiger partial charge >= 0.3 is 6.09 Å². The van der Waals surface area contributed by atoms with Crippen LogP contribution >= 0.6 is 0 Å². The molecular formula is C22H19FN4O5. The minimum absolute atomic E-state index is 0.0400. The second kappa shape index (κ2) is 8.50. The standard InChI is InChI=1S/C22H19FN4O5/c23-15-6-7-16(32-22(24)31)18-17(15)14(12-25-18)19(28)21(30)27-10-8-26(9-11-27)20(29)13-4-2-1-3-5-13/h1-7,12,25H,8-11H2,(H2,24,31). The van der Waals surface area contributed by atoms with Gasteiger partial charge in [-0.2, -0.15) is 0 Å². The molecular weight excluding hydrogens is 419 g/mol. The first-order valence-corrected chi connectivity index (χ1v) is 9.81. The Morgan fingerprint density at radius 1 is 0.938 bits per heavy atom. The zero-order valence-electron chi connectivity index (χ0n) is 16.8. The monoisotopic (exact) mass is 438 g/mol.